The Kier molecular flexibility index (Phi) is 6.99. The first-order valence-corrected chi connectivity index (χ1v) is 10.3. The Bertz CT molecular complexity index is 956. The number of nitrogens with one attached hydrogen (secondary N) is 2. The largest absolute Gasteiger partial charge is 0.497 e. The lowest BCUT2D eigenvalue weighted by molar-refractivity contribution is -0.121. The second-order valence-corrected chi connectivity index (χ2v) is 7.73. The summed E-state index contributed by atoms with van der Waals surface area (Å²) in [5.41, 5.74) is 2.64. The highest BCUT2D eigenvalue weighted by atomic mass is 16.5. The van der Waals surface area contributed by atoms with Crippen LogP contribution in [0.2, 0.25) is 0 Å². The minimum Gasteiger partial charge on any atom is -0.497 e. The topological polar surface area (TPSA) is 101 Å². The minimum atomic E-state index is -0.558. The number of esters is 1. The molecule has 1 aliphatic rings. The van der Waals surface area contributed by atoms with Crippen molar-refractivity contribution in [1.29, 1.82) is 0 Å². The van der Waals surface area contributed by atoms with Crippen molar-refractivity contribution < 1.29 is 23.9 Å². The molecule has 8 heteroatoms. The van der Waals surface area contributed by atoms with Crippen LogP contribution in [0.1, 0.15) is 51.9 Å². The van der Waals surface area contributed by atoms with Gasteiger partial charge in [0, 0.05) is 37.4 Å². The Morgan fingerprint density at radius 1 is 1.13 bits per heavy atom. The minimum absolute atomic E-state index is 0.0166. The van der Waals surface area contributed by atoms with Crippen molar-refractivity contribution in [2.45, 2.75) is 39.2 Å². The van der Waals surface area contributed by atoms with E-state index in [-0.39, 0.29) is 29.7 Å². The second-order valence-electron chi connectivity index (χ2n) is 7.73. The summed E-state index contributed by atoms with van der Waals surface area (Å²) < 4.78 is 10.0. The Hall–Kier alpha value is -3.29. The monoisotopic (exact) mass is 427 g/mol. The lowest BCUT2D eigenvalue weighted by Gasteiger charge is -2.34. The maximum Gasteiger partial charge on any atom is 0.339 e. The average molecular weight is 428 g/mol. The molecule has 0 saturated carbocycles. The van der Waals surface area contributed by atoms with Crippen LogP contribution < -0.4 is 15.0 Å². The first-order valence-electron chi connectivity index (χ1n) is 10.3. The van der Waals surface area contributed by atoms with Crippen molar-refractivity contribution in [2.75, 3.05) is 32.2 Å². The van der Waals surface area contributed by atoms with Gasteiger partial charge in [0.15, 0.2) is 5.78 Å². The number of carbonyl (C=O) groups excluding carboxylic acids is 3. The molecular formula is C23H29N3O5. The lowest BCUT2D eigenvalue weighted by Crippen LogP contribution is -2.45. The molecule has 0 radical (unpaired) electrons. The van der Waals surface area contributed by atoms with Crippen molar-refractivity contribution in [2.24, 2.45) is 0 Å². The second kappa shape index (κ2) is 9.68. The number of H-pyrrole nitrogens is 1. The molecule has 2 aromatic rings. The Morgan fingerprint density at radius 3 is 2.32 bits per heavy atom. The van der Waals surface area contributed by atoms with Gasteiger partial charge in [0.25, 0.3) is 0 Å². The van der Waals surface area contributed by atoms with E-state index in [4.69, 9.17) is 9.47 Å². The number of amides is 1. The van der Waals surface area contributed by atoms with Gasteiger partial charge in [-0.3, -0.25) is 9.59 Å². The maximum atomic E-state index is 12.7. The van der Waals surface area contributed by atoms with Gasteiger partial charge in [0.2, 0.25) is 5.91 Å². The highest BCUT2D eigenvalue weighted by Crippen LogP contribution is 2.24. The molecule has 1 aliphatic heterocycles. The van der Waals surface area contributed by atoms with E-state index < -0.39 is 5.97 Å². The van der Waals surface area contributed by atoms with Gasteiger partial charge in [-0.25, -0.2) is 4.79 Å². The molecule has 2 heterocycles. The predicted molar refractivity (Wildman–Crippen MR) is 117 cm³/mol. The third-order valence-electron chi connectivity index (χ3n) is 5.70. The molecule has 3 rings (SSSR count). The number of hydrogen-bond donors (Lipinski definition) is 2. The number of anilines is 1. The number of ketones is 1. The molecule has 1 aromatic heterocycles. The van der Waals surface area contributed by atoms with Gasteiger partial charge in [-0.2, -0.15) is 0 Å². The molecule has 0 atom stereocenters. The van der Waals surface area contributed by atoms with Crippen LogP contribution in [0, 0.1) is 6.92 Å². The fraction of sp³-hybridized carbons (Fsp3) is 0.435. The van der Waals surface area contributed by atoms with Gasteiger partial charge in [-0.05, 0) is 49.6 Å². The van der Waals surface area contributed by atoms with E-state index in [0.717, 1.165) is 37.4 Å². The third-order valence-corrected chi connectivity index (χ3v) is 5.70. The molecule has 1 saturated heterocycles. The zero-order valence-corrected chi connectivity index (χ0v) is 18.4. The SMILES string of the molecule is COC(=O)c1c(CC(=O)NC2CCN(c3ccc(OC)cc3)CC2)[nH]c(C(C)=O)c1C. The highest BCUT2D eigenvalue weighted by Gasteiger charge is 2.26. The van der Waals surface area contributed by atoms with Crippen LogP contribution in [0.25, 0.3) is 0 Å². The summed E-state index contributed by atoms with van der Waals surface area (Å²) in [5, 5.41) is 3.06. The van der Waals surface area contributed by atoms with Crippen LogP contribution in [0.4, 0.5) is 5.69 Å². The van der Waals surface area contributed by atoms with E-state index >= 15 is 0 Å². The Labute approximate surface area is 181 Å². The Morgan fingerprint density at radius 2 is 1.77 bits per heavy atom. The molecular weight excluding hydrogens is 398 g/mol. The van der Waals surface area contributed by atoms with Crippen molar-refractivity contribution in [3.63, 3.8) is 0 Å². The summed E-state index contributed by atoms with van der Waals surface area (Å²) in [5.74, 6) is -0.119. The maximum absolute atomic E-state index is 12.7. The number of carbonyl (C=O) groups is 3. The number of nitrogens with zero attached hydrogens (tertiary/aromatic N) is 1. The van der Waals surface area contributed by atoms with E-state index in [1.807, 2.05) is 24.3 Å². The van der Waals surface area contributed by atoms with Gasteiger partial charge in [-0.15, -0.1) is 0 Å². The van der Waals surface area contributed by atoms with Crippen LogP contribution in [-0.4, -0.2) is 56.0 Å². The quantitative estimate of drug-likeness (QED) is 0.520. The Balaban J connectivity index is 1.60. The predicted octanol–water partition coefficient (Wildman–Crippen LogP) is 2.65. The van der Waals surface area contributed by atoms with Gasteiger partial charge in [0.05, 0.1) is 31.9 Å². The van der Waals surface area contributed by atoms with Gasteiger partial charge in [0.1, 0.15) is 5.75 Å². The number of Topliss-reactive ketones (excluding diaryl/α,β-unsaturated/α-hetero) is 1. The number of methoxy groups -OCH3 is 2. The fourth-order valence-electron chi connectivity index (χ4n) is 4.04. The molecule has 31 heavy (non-hydrogen) atoms. The van der Waals surface area contributed by atoms with Crippen LogP contribution in [0.5, 0.6) is 5.75 Å². The van der Waals surface area contributed by atoms with Crippen LogP contribution >= 0.6 is 0 Å². The molecule has 0 unspecified atom stereocenters. The number of aromatic amines is 1. The molecule has 0 aliphatic carbocycles. The highest BCUT2D eigenvalue weighted by molar-refractivity contribution is 6.01. The molecule has 2 N–H and O–H groups in total. The van der Waals surface area contributed by atoms with Crippen LogP contribution in [0.3, 0.4) is 0 Å². The molecule has 0 bridgehead atoms. The fourth-order valence-corrected chi connectivity index (χ4v) is 4.04. The van der Waals surface area contributed by atoms with E-state index in [1.54, 1.807) is 14.0 Å². The molecule has 0 spiro atoms. The molecule has 8 nitrogen and oxygen atoms in total. The summed E-state index contributed by atoms with van der Waals surface area (Å²) >= 11 is 0. The van der Waals surface area contributed by atoms with Crippen LogP contribution in [0.15, 0.2) is 24.3 Å². The normalized spacial score (nSPS) is 14.3. The lowest BCUT2D eigenvalue weighted by atomic mass is 10.0. The number of ether oxygens (including phenoxy) is 2. The number of hydrogen-bond acceptors (Lipinski definition) is 6. The number of piperidine rings is 1. The van der Waals surface area contributed by atoms with Crippen LogP contribution in [-0.2, 0) is 16.0 Å². The summed E-state index contributed by atoms with van der Waals surface area (Å²) in [7, 11) is 2.93. The van der Waals surface area contributed by atoms with Gasteiger partial charge >= 0.3 is 5.97 Å². The number of benzene rings is 1. The molecule has 1 aromatic carbocycles. The summed E-state index contributed by atoms with van der Waals surface area (Å²) in [6, 6.07) is 8.01. The van der Waals surface area contributed by atoms with Crippen molar-refractivity contribution in [3.8, 4) is 5.75 Å². The average Bonchev–Trinajstić information content (AvgIpc) is 3.09. The first kappa shape index (κ1) is 22.4. The number of rotatable bonds is 7. The number of aromatic nitrogens is 1. The van der Waals surface area contributed by atoms with Crippen molar-refractivity contribution >= 4 is 23.3 Å². The third kappa shape index (κ3) is 5.07. The summed E-state index contributed by atoms with van der Waals surface area (Å²) in [4.78, 5) is 41.9. The summed E-state index contributed by atoms with van der Waals surface area (Å²) in [6.07, 6.45) is 1.63. The molecule has 1 amide bonds. The van der Waals surface area contributed by atoms with E-state index in [2.05, 4.69) is 15.2 Å². The van der Waals surface area contributed by atoms with Gasteiger partial charge < -0.3 is 24.7 Å². The zero-order chi connectivity index (χ0) is 22.5. The summed E-state index contributed by atoms with van der Waals surface area (Å²) in [6.45, 7) is 4.76. The zero-order valence-electron chi connectivity index (χ0n) is 18.4. The first-order chi connectivity index (χ1) is 14.8. The van der Waals surface area contributed by atoms with E-state index in [9.17, 15) is 14.4 Å². The van der Waals surface area contributed by atoms with Gasteiger partial charge in [-0.1, -0.05) is 0 Å². The van der Waals surface area contributed by atoms with Crippen molar-refractivity contribution in [1.82, 2.24) is 10.3 Å². The van der Waals surface area contributed by atoms with E-state index in [1.165, 1.54) is 14.0 Å². The van der Waals surface area contributed by atoms with Crippen molar-refractivity contribution in [3.05, 3.63) is 46.8 Å². The standard InChI is InChI=1S/C23H29N3O5/c1-14-21(23(29)31-4)19(25-22(14)15(2)27)13-20(28)24-16-9-11-26(12-10-16)17-5-7-18(30-3)8-6-17/h5-8,16,25H,9-13H2,1-4H3,(H,24,28). The molecule has 166 valence electrons. The smallest absolute Gasteiger partial charge is 0.339 e. The molecule has 1 fully saturated rings. The van der Waals surface area contributed by atoms with E-state index in [0.29, 0.717) is 17.0 Å².